The highest BCUT2D eigenvalue weighted by Gasteiger charge is 2.30. The maximum Gasteiger partial charge on any atom is 0.416 e. The number of hydrogen-bond donors (Lipinski definition) is 1. The molecule has 0 bridgehead atoms. The number of nitrogens with one attached hydrogen (secondary N) is 1. The lowest BCUT2D eigenvalue weighted by molar-refractivity contribution is -0.137. The van der Waals surface area contributed by atoms with E-state index in [9.17, 15) is 13.2 Å². The van der Waals surface area contributed by atoms with Crippen molar-refractivity contribution < 1.29 is 13.2 Å². The van der Waals surface area contributed by atoms with Gasteiger partial charge in [-0.3, -0.25) is 5.10 Å². The van der Waals surface area contributed by atoms with Crippen LogP contribution in [0.15, 0.2) is 30.3 Å². The highest BCUT2D eigenvalue weighted by atomic mass is 35.5. The second kappa shape index (κ2) is 6.30. The summed E-state index contributed by atoms with van der Waals surface area (Å²) in [6.45, 7) is 1.90. The number of alkyl halides is 3. The normalized spacial score (nSPS) is 12.1. The lowest BCUT2D eigenvalue weighted by Crippen LogP contribution is -2.04. The zero-order valence-corrected chi connectivity index (χ0v) is 14.1. The Bertz CT molecular complexity index is 901. The van der Waals surface area contributed by atoms with Crippen molar-refractivity contribution in [3.05, 3.63) is 62.8 Å². The van der Waals surface area contributed by atoms with Gasteiger partial charge in [0.25, 0.3) is 0 Å². The van der Waals surface area contributed by atoms with E-state index in [-0.39, 0.29) is 0 Å². The molecule has 1 aromatic heterocycles. The zero-order valence-electron chi connectivity index (χ0n) is 12.6. The Morgan fingerprint density at radius 3 is 2.54 bits per heavy atom. The molecule has 0 unspecified atom stereocenters. The molecule has 0 aliphatic rings. The van der Waals surface area contributed by atoms with Crippen LogP contribution in [0.2, 0.25) is 10.0 Å². The molecule has 0 saturated carbocycles. The fourth-order valence-electron chi connectivity index (χ4n) is 2.63. The molecule has 0 aliphatic heterocycles. The first-order chi connectivity index (χ1) is 11.3. The third-order valence-corrected chi connectivity index (χ3v) is 4.85. The summed E-state index contributed by atoms with van der Waals surface area (Å²) in [6, 6.07) is 7.18. The van der Waals surface area contributed by atoms with Gasteiger partial charge in [0.05, 0.1) is 11.1 Å². The van der Waals surface area contributed by atoms with Crippen LogP contribution in [0.3, 0.4) is 0 Å². The molecule has 2 aromatic carbocycles. The first-order valence-electron chi connectivity index (χ1n) is 7.25. The van der Waals surface area contributed by atoms with Gasteiger partial charge in [0.15, 0.2) is 0 Å². The third-order valence-electron chi connectivity index (χ3n) is 3.97. The molecule has 0 amide bonds. The summed E-state index contributed by atoms with van der Waals surface area (Å²) in [5.74, 6) is 0. The Morgan fingerprint density at radius 1 is 1.08 bits per heavy atom. The van der Waals surface area contributed by atoms with Gasteiger partial charge in [0, 0.05) is 21.1 Å². The predicted molar refractivity (Wildman–Crippen MR) is 89.7 cm³/mol. The van der Waals surface area contributed by atoms with Crippen LogP contribution in [0.25, 0.3) is 10.9 Å². The minimum absolute atomic E-state index is 0.293. The number of halogens is 5. The highest BCUT2D eigenvalue weighted by Crippen LogP contribution is 2.32. The average Bonchev–Trinajstić information content (AvgIpc) is 2.93. The van der Waals surface area contributed by atoms with Crippen LogP contribution in [-0.2, 0) is 19.0 Å². The molecule has 0 spiro atoms. The predicted octanol–water partition coefficient (Wildman–Crippen LogP) is 5.98. The van der Waals surface area contributed by atoms with Gasteiger partial charge in [-0.2, -0.15) is 18.3 Å². The lowest BCUT2D eigenvalue weighted by atomic mass is 10.0. The molecule has 3 aromatic rings. The van der Waals surface area contributed by atoms with E-state index in [1.54, 1.807) is 6.07 Å². The number of aryl methyl sites for hydroxylation is 2. The van der Waals surface area contributed by atoms with Crippen molar-refractivity contribution in [3.8, 4) is 0 Å². The topological polar surface area (TPSA) is 28.7 Å². The number of H-pyrrole nitrogens is 1. The maximum absolute atomic E-state index is 12.8. The van der Waals surface area contributed by atoms with E-state index in [1.165, 1.54) is 6.07 Å². The van der Waals surface area contributed by atoms with E-state index in [2.05, 4.69) is 10.2 Å². The van der Waals surface area contributed by atoms with Gasteiger partial charge < -0.3 is 0 Å². The molecule has 7 heteroatoms. The van der Waals surface area contributed by atoms with Crippen molar-refractivity contribution in [2.24, 2.45) is 0 Å². The van der Waals surface area contributed by atoms with Gasteiger partial charge in [-0.25, -0.2) is 0 Å². The quantitative estimate of drug-likeness (QED) is 0.601. The standard InChI is InChI=1S/C17H13Cl2F3N2/c1-9-2-6-13(18)11(16(9)19)5-7-14-12-4-3-10(17(20,21)22)8-15(12)24-23-14/h2-4,6,8H,5,7H2,1H3,(H,23,24). The minimum atomic E-state index is -4.38. The Kier molecular flexibility index (Phi) is 4.49. The number of hydrogen-bond acceptors (Lipinski definition) is 1. The van der Waals surface area contributed by atoms with Crippen LogP contribution < -0.4 is 0 Å². The Balaban J connectivity index is 1.88. The number of rotatable bonds is 3. The first-order valence-corrected chi connectivity index (χ1v) is 8.00. The zero-order chi connectivity index (χ0) is 17.5. The minimum Gasteiger partial charge on any atom is -0.281 e. The fourth-order valence-corrected chi connectivity index (χ4v) is 3.19. The van der Waals surface area contributed by atoms with E-state index in [0.29, 0.717) is 33.8 Å². The first kappa shape index (κ1) is 17.1. The van der Waals surface area contributed by atoms with Crippen molar-refractivity contribution in [3.63, 3.8) is 0 Å². The monoisotopic (exact) mass is 372 g/mol. The summed E-state index contributed by atoms with van der Waals surface area (Å²) in [5, 5.41) is 8.65. The van der Waals surface area contributed by atoms with Crippen LogP contribution in [-0.4, -0.2) is 10.2 Å². The number of aromatic amines is 1. The van der Waals surface area contributed by atoms with Crippen LogP contribution in [0, 0.1) is 6.92 Å². The molecule has 0 aliphatic carbocycles. The SMILES string of the molecule is Cc1ccc(Cl)c(CCc2[nH]nc3cc(C(F)(F)F)ccc23)c1Cl. The van der Waals surface area contributed by atoms with Gasteiger partial charge in [-0.05, 0) is 49.1 Å². The Hall–Kier alpha value is -1.72. The molecule has 0 fully saturated rings. The van der Waals surface area contributed by atoms with E-state index >= 15 is 0 Å². The summed E-state index contributed by atoms with van der Waals surface area (Å²) in [4.78, 5) is 0. The second-order valence-electron chi connectivity index (χ2n) is 5.59. The third kappa shape index (κ3) is 3.23. The molecule has 0 saturated heterocycles. The van der Waals surface area contributed by atoms with Gasteiger partial charge in [0.2, 0.25) is 0 Å². The largest absolute Gasteiger partial charge is 0.416 e. The van der Waals surface area contributed by atoms with E-state index < -0.39 is 11.7 Å². The van der Waals surface area contributed by atoms with Gasteiger partial charge in [0.1, 0.15) is 0 Å². The van der Waals surface area contributed by atoms with Crippen molar-refractivity contribution in [2.75, 3.05) is 0 Å². The average molecular weight is 373 g/mol. The molecule has 2 nitrogen and oxygen atoms in total. The maximum atomic E-state index is 12.8. The van der Waals surface area contributed by atoms with Crippen molar-refractivity contribution in [2.45, 2.75) is 25.9 Å². The smallest absolute Gasteiger partial charge is 0.281 e. The molecule has 24 heavy (non-hydrogen) atoms. The number of benzene rings is 2. The number of nitrogens with zero attached hydrogens (tertiary/aromatic N) is 1. The molecule has 1 N–H and O–H groups in total. The molecule has 0 atom stereocenters. The molecule has 3 rings (SSSR count). The van der Waals surface area contributed by atoms with Crippen molar-refractivity contribution in [1.29, 1.82) is 0 Å². The van der Waals surface area contributed by atoms with Gasteiger partial charge in [-0.15, -0.1) is 0 Å². The van der Waals surface area contributed by atoms with Gasteiger partial charge in [-0.1, -0.05) is 35.3 Å². The highest BCUT2D eigenvalue weighted by molar-refractivity contribution is 6.36. The van der Waals surface area contributed by atoms with E-state index in [0.717, 1.165) is 29.0 Å². The summed E-state index contributed by atoms with van der Waals surface area (Å²) in [5.41, 5.74) is 2.10. The fraction of sp³-hybridized carbons (Fsp3) is 0.235. The molecule has 1 heterocycles. The van der Waals surface area contributed by atoms with Crippen LogP contribution in [0.1, 0.15) is 22.4 Å². The van der Waals surface area contributed by atoms with Crippen molar-refractivity contribution in [1.82, 2.24) is 10.2 Å². The van der Waals surface area contributed by atoms with Crippen LogP contribution in [0.4, 0.5) is 13.2 Å². The summed E-state index contributed by atoms with van der Waals surface area (Å²) in [6.07, 6.45) is -3.27. The lowest BCUT2D eigenvalue weighted by Gasteiger charge is -2.09. The molecular weight excluding hydrogens is 360 g/mol. The van der Waals surface area contributed by atoms with Crippen molar-refractivity contribution >= 4 is 34.1 Å². The Morgan fingerprint density at radius 2 is 1.83 bits per heavy atom. The molecule has 0 radical (unpaired) electrons. The number of aromatic nitrogens is 2. The van der Waals surface area contributed by atoms with E-state index in [4.69, 9.17) is 23.2 Å². The summed E-state index contributed by atoms with van der Waals surface area (Å²) >= 11 is 12.5. The van der Waals surface area contributed by atoms with Crippen LogP contribution >= 0.6 is 23.2 Å². The molecule has 126 valence electrons. The Labute approximate surface area is 146 Å². The number of fused-ring (bicyclic) bond motifs is 1. The van der Waals surface area contributed by atoms with E-state index in [1.807, 2.05) is 13.0 Å². The molecular formula is C17H13Cl2F3N2. The van der Waals surface area contributed by atoms with Crippen LogP contribution in [0.5, 0.6) is 0 Å². The summed E-state index contributed by atoms with van der Waals surface area (Å²) in [7, 11) is 0. The summed E-state index contributed by atoms with van der Waals surface area (Å²) < 4.78 is 38.3. The second-order valence-corrected chi connectivity index (χ2v) is 6.37. The van der Waals surface area contributed by atoms with Gasteiger partial charge >= 0.3 is 6.18 Å².